The van der Waals surface area contributed by atoms with E-state index in [1.54, 1.807) is 4.90 Å². The van der Waals surface area contributed by atoms with Gasteiger partial charge in [0.2, 0.25) is 0 Å². The highest BCUT2D eigenvalue weighted by atomic mass is 16.4. The summed E-state index contributed by atoms with van der Waals surface area (Å²) in [6, 6.07) is 9.20. The van der Waals surface area contributed by atoms with E-state index in [0.717, 1.165) is 41.6 Å². The van der Waals surface area contributed by atoms with Gasteiger partial charge in [0, 0.05) is 30.7 Å². The molecule has 0 spiro atoms. The number of hydrogen-bond donors (Lipinski definition) is 1. The number of rotatable bonds is 4. The first-order chi connectivity index (χ1) is 18.0. The van der Waals surface area contributed by atoms with Gasteiger partial charge >= 0.3 is 5.97 Å². The third-order valence-corrected chi connectivity index (χ3v) is 10.5. The third-order valence-electron chi connectivity index (χ3n) is 10.5. The first-order valence-electron chi connectivity index (χ1n) is 14.7. The largest absolute Gasteiger partial charge is 0.480 e. The number of aliphatic carboxylic acids is 1. The molecule has 2 aliphatic carbocycles. The summed E-state index contributed by atoms with van der Waals surface area (Å²) in [5, 5.41) is 9.64. The second-order valence-electron chi connectivity index (χ2n) is 12.9. The van der Waals surface area contributed by atoms with E-state index < -0.39 is 12.0 Å². The van der Waals surface area contributed by atoms with E-state index in [4.69, 9.17) is 4.98 Å². The van der Waals surface area contributed by atoms with Crippen molar-refractivity contribution in [1.82, 2.24) is 14.5 Å². The molecule has 5 aliphatic rings. The molecule has 3 saturated heterocycles. The molecule has 1 aromatic heterocycles. The van der Waals surface area contributed by atoms with Crippen LogP contribution in [0.2, 0.25) is 0 Å². The maximum absolute atomic E-state index is 14.0. The smallest absolute Gasteiger partial charge is 0.326 e. The lowest BCUT2D eigenvalue weighted by Crippen LogP contribution is -2.59. The molecule has 7 nitrogen and oxygen atoms in total. The quantitative estimate of drug-likeness (QED) is 0.642. The van der Waals surface area contributed by atoms with Gasteiger partial charge in [-0.05, 0) is 94.1 Å². The molecule has 7 heteroatoms. The number of anilines is 1. The number of carboxylic acid groups (broad SMARTS) is 1. The van der Waals surface area contributed by atoms with Gasteiger partial charge in [0.25, 0.3) is 5.56 Å². The van der Waals surface area contributed by atoms with Crippen LogP contribution in [0.5, 0.6) is 0 Å². The predicted molar refractivity (Wildman–Crippen MR) is 144 cm³/mol. The molecule has 3 aliphatic heterocycles. The molecule has 2 saturated carbocycles. The Kier molecular flexibility index (Phi) is 5.83. The van der Waals surface area contributed by atoms with Crippen molar-refractivity contribution in [3.8, 4) is 0 Å². The van der Waals surface area contributed by atoms with E-state index in [-0.39, 0.29) is 11.6 Å². The van der Waals surface area contributed by atoms with Gasteiger partial charge in [-0.1, -0.05) is 25.5 Å². The van der Waals surface area contributed by atoms with Gasteiger partial charge < -0.3 is 14.6 Å². The van der Waals surface area contributed by atoms with Crippen LogP contribution in [-0.2, 0) is 4.79 Å². The zero-order valence-corrected chi connectivity index (χ0v) is 22.0. The Hall–Kier alpha value is -2.41. The minimum absolute atomic E-state index is 0.109. The normalized spacial score (nSPS) is 37.8. The maximum atomic E-state index is 14.0. The lowest BCUT2D eigenvalue weighted by Gasteiger charge is -2.56. The second-order valence-corrected chi connectivity index (χ2v) is 12.9. The number of carbonyl (C=O) groups is 1. The van der Waals surface area contributed by atoms with Gasteiger partial charge in [-0.25, -0.2) is 9.78 Å². The second kappa shape index (κ2) is 9.11. The van der Waals surface area contributed by atoms with Crippen molar-refractivity contribution in [2.45, 2.75) is 108 Å². The number of fused-ring (bicyclic) bond motifs is 5. The van der Waals surface area contributed by atoms with Crippen molar-refractivity contribution in [1.29, 1.82) is 0 Å². The number of aromatic nitrogens is 2. The SMILES string of the molecule is C[C@@H]1C[C@@H]2C[C@H](C1)C[C@@H](N1[C@@H]3CCC[C@H]1C[C@@H](n1c(=O)c(N4CC[C@@H]4C(=O)O)nc4ccccc41)C3)C2. The van der Waals surface area contributed by atoms with Crippen LogP contribution in [0.3, 0.4) is 0 Å². The Balaban J connectivity index is 1.22. The summed E-state index contributed by atoms with van der Waals surface area (Å²) in [6.45, 7) is 3.02. The standard InChI is InChI=1S/C30H40N4O3/c1-18-11-19-13-20(12-18)15-23(14-19)33-21-5-4-6-22(33)17-24(16-21)34-26-8-3-2-7-25(26)31-28(29(34)35)32-10-9-27(32)30(36)37/h2-3,7-8,18-24,27H,4-6,9-17H2,1H3,(H,36,37)/t18-,19-,20+,21-,22+,23+,24+,27-/m1/s1. The highest BCUT2D eigenvalue weighted by molar-refractivity contribution is 5.81. The van der Waals surface area contributed by atoms with Gasteiger partial charge in [0.05, 0.1) is 11.0 Å². The van der Waals surface area contributed by atoms with E-state index in [1.165, 1.54) is 51.4 Å². The average molecular weight is 505 g/mol. The highest BCUT2D eigenvalue weighted by Crippen LogP contribution is 2.48. The van der Waals surface area contributed by atoms with Crippen LogP contribution in [0.15, 0.2) is 29.1 Å². The summed E-state index contributed by atoms with van der Waals surface area (Å²) in [5.41, 5.74) is 1.57. The molecule has 2 aromatic rings. The third kappa shape index (κ3) is 4.00. The number of para-hydroxylation sites is 2. The van der Waals surface area contributed by atoms with Crippen molar-refractivity contribution in [3.63, 3.8) is 0 Å². The number of carboxylic acids is 1. The van der Waals surface area contributed by atoms with Gasteiger partial charge in [-0.3, -0.25) is 9.69 Å². The van der Waals surface area contributed by atoms with Gasteiger partial charge in [0.1, 0.15) is 6.04 Å². The molecule has 0 amide bonds. The molecule has 1 aromatic carbocycles. The van der Waals surface area contributed by atoms with Crippen molar-refractivity contribution in [2.24, 2.45) is 17.8 Å². The molecule has 37 heavy (non-hydrogen) atoms. The maximum Gasteiger partial charge on any atom is 0.326 e. The van der Waals surface area contributed by atoms with Gasteiger partial charge in [-0.2, -0.15) is 0 Å². The predicted octanol–water partition coefficient (Wildman–Crippen LogP) is 4.83. The summed E-state index contributed by atoms with van der Waals surface area (Å²) in [7, 11) is 0. The van der Waals surface area contributed by atoms with Crippen LogP contribution in [-0.4, -0.2) is 56.2 Å². The first-order valence-corrected chi connectivity index (χ1v) is 14.7. The Labute approximate surface area is 218 Å². The fourth-order valence-corrected chi connectivity index (χ4v) is 9.18. The summed E-state index contributed by atoms with van der Waals surface area (Å²) in [6.07, 6.45) is 13.3. The fraction of sp³-hybridized carbons (Fsp3) is 0.700. The number of benzene rings is 1. The summed E-state index contributed by atoms with van der Waals surface area (Å²) in [4.78, 5) is 35.1. The van der Waals surface area contributed by atoms with E-state index in [1.807, 2.05) is 28.8 Å². The zero-order chi connectivity index (χ0) is 25.3. The topological polar surface area (TPSA) is 78.7 Å². The molecular weight excluding hydrogens is 464 g/mol. The Morgan fingerprint density at radius 1 is 0.892 bits per heavy atom. The van der Waals surface area contributed by atoms with Crippen LogP contribution in [0, 0.1) is 17.8 Å². The van der Waals surface area contributed by atoms with Gasteiger partial charge in [-0.15, -0.1) is 0 Å². The lowest BCUT2D eigenvalue weighted by molar-refractivity contribution is -0.140. The van der Waals surface area contributed by atoms with E-state index in [0.29, 0.717) is 36.9 Å². The molecule has 0 radical (unpaired) electrons. The van der Waals surface area contributed by atoms with Crippen LogP contribution < -0.4 is 10.5 Å². The summed E-state index contributed by atoms with van der Waals surface area (Å²) < 4.78 is 2.01. The molecule has 5 fully saturated rings. The summed E-state index contributed by atoms with van der Waals surface area (Å²) >= 11 is 0. The molecule has 198 valence electrons. The Bertz CT molecular complexity index is 1230. The molecule has 4 heterocycles. The Morgan fingerprint density at radius 3 is 2.24 bits per heavy atom. The molecule has 0 unspecified atom stereocenters. The number of hydrogen-bond acceptors (Lipinski definition) is 5. The van der Waals surface area contributed by atoms with Crippen LogP contribution in [0.1, 0.15) is 83.6 Å². The summed E-state index contributed by atoms with van der Waals surface area (Å²) in [5.74, 6) is 2.14. The fourth-order valence-electron chi connectivity index (χ4n) is 9.18. The molecule has 4 bridgehead atoms. The monoisotopic (exact) mass is 504 g/mol. The molecule has 8 atom stereocenters. The van der Waals surface area contributed by atoms with Crippen LogP contribution in [0.4, 0.5) is 5.82 Å². The van der Waals surface area contributed by atoms with Crippen molar-refractivity contribution in [2.75, 3.05) is 11.4 Å². The van der Waals surface area contributed by atoms with Crippen LogP contribution >= 0.6 is 0 Å². The average Bonchev–Trinajstić information content (AvgIpc) is 2.82. The van der Waals surface area contributed by atoms with E-state index in [9.17, 15) is 14.7 Å². The zero-order valence-electron chi connectivity index (χ0n) is 22.0. The van der Waals surface area contributed by atoms with Gasteiger partial charge in [0.15, 0.2) is 5.82 Å². The number of nitrogens with zero attached hydrogens (tertiary/aromatic N) is 4. The molecule has 7 rings (SSSR count). The molecule has 1 N–H and O–H groups in total. The van der Waals surface area contributed by atoms with Crippen molar-refractivity contribution in [3.05, 3.63) is 34.6 Å². The minimum Gasteiger partial charge on any atom is -0.480 e. The first kappa shape index (κ1) is 23.7. The van der Waals surface area contributed by atoms with Crippen molar-refractivity contribution >= 4 is 22.8 Å². The molecular formula is C30H40N4O3. The van der Waals surface area contributed by atoms with E-state index >= 15 is 0 Å². The highest BCUT2D eigenvalue weighted by Gasteiger charge is 2.46. The number of piperidine rings is 2. The van der Waals surface area contributed by atoms with Crippen LogP contribution in [0.25, 0.3) is 11.0 Å². The minimum atomic E-state index is -0.873. The van der Waals surface area contributed by atoms with E-state index in [2.05, 4.69) is 11.8 Å². The Morgan fingerprint density at radius 2 is 1.59 bits per heavy atom. The van der Waals surface area contributed by atoms with Crippen molar-refractivity contribution < 1.29 is 9.90 Å². The lowest BCUT2D eigenvalue weighted by atomic mass is 9.65.